The Labute approximate surface area is 139 Å². The van der Waals surface area contributed by atoms with Crippen LogP contribution in [-0.2, 0) is 0 Å². The van der Waals surface area contributed by atoms with Crippen LogP contribution < -0.4 is 5.32 Å². The van der Waals surface area contributed by atoms with Crippen molar-refractivity contribution >= 4 is 5.82 Å². The molecule has 0 spiro atoms. The van der Waals surface area contributed by atoms with Gasteiger partial charge in [-0.2, -0.15) is 5.10 Å². The third-order valence-corrected chi connectivity index (χ3v) is 4.27. The molecule has 1 aliphatic rings. The normalized spacial score (nSPS) is 19.3. The Bertz CT molecular complexity index is 871. The van der Waals surface area contributed by atoms with Gasteiger partial charge in [-0.05, 0) is 44.0 Å². The van der Waals surface area contributed by atoms with Crippen LogP contribution in [0.2, 0.25) is 0 Å². The molecule has 1 aliphatic carbocycles. The average Bonchev–Trinajstić information content (AvgIpc) is 3.23. The van der Waals surface area contributed by atoms with Crippen LogP contribution >= 0.6 is 0 Å². The van der Waals surface area contributed by atoms with Crippen LogP contribution in [0, 0.1) is 19.7 Å². The van der Waals surface area contributed by atoms with E-state index in [1.54, 1.807) is 17.1 Å². The number of hydrogen-bond acceptors (Lipinski definition) is 4. The Balaban J connectivity index is 1.49. The summed E-state index contributed by atoms with van der Waals surface area (Å²) in [6.07, 6.45) is 4.43. The summed E-state index contributed by atoms with van der Waals surface area (Å²) in [6, 6.07) is 9.02. The molecule has 24 heavy (non-hydrogen) atoms. The molecule has 0 unspecified atom stereocenters. The van der Waals surface area contributed by atoms with Gasteiger partial charge < -0.3 is 5.32 Å². The minimum absolute atomic E-state index is 0.202. The van der Waals surface area contributed by atoms with Crippen molar-refractivity contribution in [3.63, 3.8) is 0 Å². The quantitative estimate of drug-likeness (QED) is 0.799. The second kappa shape index (κ2) is 5.70. The van der Waals surface area contributed by atoms with Crippen molar-refractivity contribution in [3.8, 4) is 5.82 Å². The summed E-state index contributed by atoms with van der Waals surface area (Å²) in [5.41, 5.74) is 3.12. The Kier molecular flexibility index (Phi) is 3.52. The molecule has 0 bridgehead atoms. The van der Waals surface area contributed by atoms with E-state index in [-0.39, 0.29) is 5.82 Å². The first-order chi connectivity index (χ1) is 11.6. The third kappa shape index (κ3) is 2.87. The molecule has 122 valence electrons. The molecule has 2 heterocycles. The van der Waals surface area contributed by atoms with Gasteiger partial charge in [0.2, 0.25) is 0 Å². The monoisotopic (exact) mass is 323 g/mol. The van der Waals surface area contributed by atoms with Crippen LogP contribution in [0.5, 0.6) is 0 Å². The van der Waals surface area contributed by atoms with Crippen LogP contribution in [-0.4, -0.2) is 25.8 Å². The van der Waals surface area contributed by atoms with Gasteiger partial charge in [0.15, 0.2) is 5.82 Å². The highest BCUT2D eigenvalue weighted by Gasteiger charge is 2.38. The third-order valence-electron chi connectivity index (χ3n) is 4.27. The SMILES string of the molecule is Cc1cc(C)n(-c2cncc(N[C@@H]3C[C@H]3c3ccc(F)cc3)n2)n1. The van der Waals surface area contributed by atoms with Crippen LogP contribution in [0.25, 0.3) is 5.82 Å². The van der Waals surface area contributed by atoms with Gasteiger partial charge in [-0.15, -0.1) is 0 Å². The van der Waals surface area contributed by atoms with Crippen LogP contribution in [0.15, 0.2) is 42.7 Å². The van der Waals surface area contributed by atoms with Gasteiger partial charge in [-0.3, -0.25) is 4.98 Å². The lowest BCUT2D eigenvalue weighted by molar-refractivity contribution is 0.627. The van der Waals surface area contributed by atoms with Gasteiger partial charge in [0.1, 0.15) is 11.6 Å². The van der Waals surface area contributed by atoms with Crippen molar-refractivity contribution in [2.75, 3.05) is 5.32 Å². The lowest BCUT2D eigenvalue weighted by Crippen LogP contribution is -2.09. The Morgan fingerprint density at radius 1 is 1.17 bits per heavy atom. The number of nitrogens with zero attached hydrogens (tertiary/aromatic N) is 4. The molecule has 0 amide bonds. The lowest BCUT2D eigenvalue weighted by Gasteiger charge is -2.08. The van der Waals surface area contributed by atoms with E-state index in [1.807, 2.05) is 32.0 Å². The molecular formula is C18H18FN5. The highest BCUT2D eigenvalue weighted by atomic mass is 19.1. The van der Waals surface area contributed by atoms with E-state index in [2.05, 4.69) is 20.4 Å². The molecule has 0 radical (unpaired) electrons. The summed E-state index contributed by atoms with van der Waals surface area (Å²) in [5, 5.41) is 7.84. The van der Waals surface area contributed by atoms with Gasteiger partial charge in [-0.25, -0.2) is 14.1 Å². The first-order valence-electron chi connectivity index (χ1n) is 7.98. The van der Waals surface area contributed by atoms with Crippen LogP contribution in [0.3, 0.4) is 0 Å². The first kappa shape index (κ1) is 14.8. The van der Waals surface area contributed by atoms with Crippen molar-refractivity contribution in [1.29, 1.82) is 0 Å². The first-order valence-corrected chi connectivity index (χ1v) is 7.98. The summed E-state index contributed by atoms with van der Waals surface area (Å²) in [6.45, 7) is 3.95. The van der Waals surface area contributed by atoms with Crippen molar-refractivity contribution in [2.24, 2.45) is 0 Å². The molecule has 2 atom stereocenters. The van der Waals surface area contributed by atoms with Gasteiger partial charge in [0.25, 0.3) is 0 Å². The predicted molar refractivity (Wildman–Crippen MR) is 89.8 cm³/mol. The molecule has 1 fully saturated rings. The zero-order valence-electron chi connectivity index (χ0n) is 13.6. The number of nitrogens with one attached hydrogen (secondary N) is 1. The Morgan fingerprint density at radius 2 is 1.96 bits per heavy atom. The zero-order chi connectivity index (χ0) is 16.7. The maximum absolute atomic E-state index is 13.0. The molecule has 3 aromatic rings. The summed E-state index contributed by atoms with van der Waals surface area (Å²) < 4.78 is 14.8. The van der Waals surface area contributed by atoms with E-state index >= 15 is 0 Å². The molecule has 2 aromatic heterocycles. The molecule has 0 saturated heterocycles. The second-order valence-corrected chi connectivity index (χ2v) is 6.25. The van der Waals surface area contributed by atoms with Gasteiger partial charge >= 0.3 is 0 Å². The summed E-state index contributed by atoms with van der Waals surface area (Å²) >= 11 is 0. The number of rotatable bonds is 4. The fourth-order valence-corrected chi connectivity index (χ4v) is 3.01. The molecule has 1 N–H and O–H groups in total. The van der Waals surface area contributed by atoms with Crippen LogP contribution in [0.4, 0.5) is 10.2 Å². The fraction of sp³-hybridized carbons (Fsp3) is 0.278. The minimum Gasteiger partial charge on any atom is -0.365 e. The number of benzene rings is 1. The highest BCUT2D eigenvalue weighted by molar-refractivity contribution is 5.42. The molecular weight excluding hydrogens is 305 g/mol. The number of hydrogen-bond donors (Lipinski definition) is 1. The smallest absolute Gasteiger partial charge is 0.174 e. The van der Waals surface area contributed by atoms with E-state index < -0.39 is 0 Å². The van der Waals surface area contributed by atoms with E-state index in [1.165, 1.54) is 12.1 Å². The predicted octanol–water partition coefficient (Wildman–Crippen LogP) is 3.39. The van der Waals surface area contributed by atoms with Crippen LogP contribution in [0.1, 0.15) is 29.3 Å². The van der Waals surface area contributed by atoms with E-state index in [9.17, 15) is 4.39 Å². The topological polar surface area (TPSA) is 55.6 Å². The molecule has 0 aliphatic heterocycles. The zero-order valence-corrected chi connectivity index (χ0v) is 13.6. The van der Waals surface area contributed by atoms with Crippen molar-refractivity contribution in [2.45, 2.75) is 32.2 Å². The summed E-state index contributed by atoms with van der Waals surface area (Å²) in [5.74, 6) is 1.62. The molecule has 6 heteroatoms. The molecule has 1 saturated carbocycles. The highest BCUT2D eigenvalue weighted by Crippen LogP contribution is 2.42. The molecule has 4 rings (SSSR count). The Hall–Kier alpha value is -2.76. The van der Waals surface area contributed by atoms with Crippen molar-refractivity contribution < 1.29 is 4.39 Å². The largest absolute Gasteiger partial charge is 0.365 e. The maximum Gasteiger partial charge on any atom is 0.174 e. The van der Waals surface area contributed by atoms with E-state index in [0.29, 0.717) is 17.8 Å². The molecule has 5 nitrogen and oxygen atoms in total. The van der Waals surface area contributed by atoms with Gasteiger partial charge in [0.05, 0.1) is 18.1 Å². The van der Waals surface area contributed by atoms with Gasteiger partial charge in [-0.1, -0.05) is 12.1 Å². The van der Waals surface area contributed by atoms with E-state index in [4.69, 9.17) is 0 Å². The number of anilines is 1. The Morgan fingerprint density at radius 3 is 2.67 bits per heavy atom. The number of aromatic nitrogens is 4. The minimum atomic E-state index is -0.202. The maximum atomic E-state index is 13.0. The second-order valence-electron chi connectivity index (χ2n) is 6.25. The van der Waals surface area contributed by atoms with Crippen molar-refractivity contribution in [3.05, 3.63) is 65.5 Å². The summed E-state index contributed by atoms with van der Waals surface area (Å²) in [7, 11) is 0. The number of halogens is 1. The fourth-order valence-electron chi connectivity index (χ4n) is 3.01. The van der Waals surface area contributed by atoms with Gasteiger partial charge in [0, 0.05) is 17.7 Å². The average molecular weight is 323 g/mol. The summed E-state index contributed by atoms with van der Waals surface area (Å²) in [4.78, 5) is 8.87. The standard InChI is InChI=1S/C18H18FN5/c1-11-7-12(2)24(23-11)18-10-20-9-17(22-18)21-16-8-15(16)13-3-5-14(19)6-4-13/h3-7,9-10,15-16H,8H2,1-2H3,(H,21,22)/t15-,16+/m0/s1. The lowest BCUT2D eigenvalue weighted by atomic mass is 10.1. The number of aryl methyl sites for hydroxylation is 2. The molecule has 1 aromatic carbocycles. The van der Waals surface area contributed by atoms with Crippen molar-refractivity contribution in [1.82, 2.24) is 19.7 Å². The van der Waals surface area contributed by atoms with E-state index in [0.717, 1.165) is 29.2 Å².